The van der Waals surface area contributed by atoms with Gasteiger partial charge in [-0.2, -0.15) is 0 Å². The van der Waals surface area contributed by atoms with Gasteiger partial charge in [0.1, 0.15) is 0 Å². The Hall–Kier alpha value is -3.64. The molecule has 0 saturated heterocycles. The first-order valence-corrected chi connectivity index (χ1v) is 14.4. The molecule has 39 heavy (non-hydrogen) atoms. The highest BCUT2D eigenvalue weighted by atomic mass is 14.5. The van der Waals surface area contributed by atoms with Gasteiger partial charge in [-0.3, -0.25) is 0 Å². The van der Waals surface area contributed by atoms with E-state index in [1.54, 1.807) is 0 Å². The number of hydrogen-bond acceptors (Lipinski definition) is 0. The van der Waals surface area contributed by atoms with E-state index in [1.807, 2.05) is 0 Å². The molecule has 0 spiro atoms. The van der Waals surface area contributed by atoms with Gasteiger partial charge in [-0.1, -0.05) is 162 Å². The number of hydrogen-bond donors (Lipinski definition) is 0. The van der Waals surface area contributed by atoms with Crippen LogP contribution in [-0.2, 0) is 16.2 Å². The minimum atomic E-state index is -0.334. The average molecular weight is 509 g/mol. The Bertz CT molecular complexity index is 1460. The largest absolute Gasteiger partial charge is 0.0804 e. The molecular formula is C39H40. The predicted molar refractivity (Wildman–Crippen MR) is 167 cm³/mol. The van der Waals surface area contributed by atoms with Crippen LogP contribution in [0, 0.1) is 0 Å². The molecular weight excluding hydrogens is 468 g/mol. The summed E-state index contributed by atoms with van der Waals surface area (Å²) >= 11 is 0. The van der Waals surface area contributed by atoms with E-state index in [1.165, 1.54) is 50.1 Å². The standard InChI is InChI=1S/C39H40/c1-37(2,3)30-21-23-32-33-24-22-31(38(4,5)6)26-35(33)36(34(32)25-30)39(29-19-13-14-20-29,27-15-9-7-10-16-27)28-17-11-8-12-18-28/h7-19,21-26,36H,20H2,1-6H3. The quantitative estimate of drug-likeness (QED) is 0.257. The van der Waals surface area contributed by atoms with Crippen molar-refractivity contribution >= 4 is 0 Å². The Morgan fingerprint density at radius 3 is 1.38 bits per heavy atom. The molecule has 0 nitrogen and oxygen atoms in total. The maximum absolute atomic E-state index is 2.53. The summed E-state index contributed by atoms with van der Waals surface area (Å²) in [6, 6.07) is 37.1. The normalized spacial score (nSPS) is 15.3. The van der Waals surface area contributed by atoms with Gasteiger partial charge >= 0.3 is 0 Å². The van der Waals surface area contributed by atoms with Crippen LogP contribution in [0.2, 0.25) is 0 Å². The van der Waals surface area contributed by atoms with E-state index in [0.717, 1.165) is 6.42 Å². The molecule has 0 atom stereocenters. The molecule has 0 radical (unpaired) electrons. The second-order valence-electron chi connectivity index (χ2n) is 13.4. The van der Waals surface area contributed by atoms with Crippen LogP contribution in [0.1, 0.15) is 87.3 Å². The van der Waals surface area contributed by atoms with Crippen LogP contribution in [0.4, 0.5) is 0 Å². The summed E-state index contributed by atoms with van der Waals surface area (Å²) in [7, 11) is 0. The molecule has 6 rings (SSSR count). The molecule has 0 heteroatoms. The van der Waals surface area contributed by atoms with Crippen LogP contribution >= 0.6 is 0 Å². The minimum absolute atomic E-state index is 0.0707. The Kier molecular flexibility index (Phi) is 6.07. The van der Waals surface area contributed by atoms with Gasteiger partial charge in [-0.15, -0.1) is 0 Å². The zero-order valence-electron chi connectivity index (χ0n) is 24.3. The SMILES string of the molecule is CC(C)(C)c1ccc2c(c1)C(C(C1=CC=CC1)(c1ccccc1)c1ccccc1)c1cc(C(C)(C)C)ccc1-2. The van der Waals surface area contributed by atoms with Gasteiger partial charge in [0, 0.05) is 5.92 Å². The summed E-state index contributed by atoms with van der Waals surface area (Å²) in [4.78, 5) is 0. The lowest BCUT2D eigenvalue weighted by atomic mass is 9.58. The molecule has 0 aromatic heterocycles. The average Bonchev–Trinajstić information content (AvgIpc) is 3.57. The summed E-state index contributed by atoms with van der Waals surface area (Å²) < 4.78 is 0. The molecule has 0 aliphatic heterocycles. The molecule has 196 valence electrons. The molecule has 0 heterocycles. The van der Waals surface area contributed by atoms with E-state index >= 15 is 0 Å². The molecule has 2 aliphatic rings. The van der Waals surface area contributed by atoms with Crippen molar-refractivity contribution in [1.82, 2.24) is 0 Å². The lowest BCUT2D eigenvalue weighted by Gasteiger charge is -2.43. The van der Waals surface area contributed by atoms with Crippen LogP contribution in [0.25, 0.3) is 11.1 Å². The number of fused-ring (bicyclic) bond motifs is 3. The van der Waals surface area contributed by atoms with E-state index in [2.05, 4.69) is 157 Å². The molecule has 0 N–H and O–H groups in total. The van der Waals surface area contributed by atoms with Gasteiger partial charge in [0.25, 0.3) is 0 Å². The maximum atomic E-state index is 2.53. The summed E-state index contributed by atoms with van der Waals surface area (Å²) in [6.45, 7) is 14.0. The summed E-state index contributed by atoms with van der Waals surface area (Å²) in [5, 5.41) is 0. The fourth-order valence-corrected chi connectivity index (χ4v) is 6.86. The topological polar surface area (TPSA) is 0 Å². The first kappa shape index (κ1) is 25.6. The second-order valence-corrected chi connectivity index (χ2v) is 13.4. The molecule has 0 amide bonds. The number of allylic oxidation sites excluding steroid dienone is 4. The highest BCUT2D eigenvalue weighted by molar-refractivity contribution is 5.82. The van der Waals surface area contributed by atoms with E-state index in [0.29, 0.717) is 0 Å². The van der Waals surface area contributed by atoms with Crippen LogP contribution < -0.4 is 0 Å². The molecule has 0 unspecified atom stereocenters. The van der Waals surface area contributed by atoms with Gasteiger partial charge in [-0.05, 0) is 61.8 Å². The van der Waals surface area contributed by atoms with Crippen molar-refractivity contribution in [2.75, 3.05) is 0 Å². The van der Waals surface area contributed by atoms with Crippen molar-refractivity contribution in [3.8, 4) is 11.1 Å². The maximum Gasteiger partial charge on any atom is 0.0526 e. The van der Waals surface area contributed by atoms with Gasteiger partial charge in [0.15, 0.2) is 0 Å². The van der Waals surface area contributed by atoms with Crippen LogP contribution in [0.5, 0.6) is 0 Å². The number of benzene rings is 4. The first-order chi connectivity index (χ1) is 18.6. The minimum Gasteiger partial charge on any atom is -0.0804 e. The van der Waals surface area contributed by atoms with Gasteiger partial charge in [-0.25, -0.2) is 0 Å². The fourth-order valence-electron chi connectivity index (χ4n) is 6.86. The highest BCUT2D eigenvalue weighted by Gasteiger charge is 2.50. The third-order valence-corrected chi connectivity index (χ3v) is 8.92. The zero-order valence-corrected chi connectivity index (χ0v) is 24.3. The van der Waals surface area contributed by atoms with Crippen molar-refractivity contribution in [3.63, 3.8) is 0 Å². The molecule has 0 bridgehead atoms. The zero-order chi connectivity index (χ0) is 27.4. The monoisotopic (exact) mass is 508 g/mol. The molecule has 4 aromatic rings. The molecule has 0 saturated carbocycles. The van der Waals surface area contributed by atoms with E-state index < -0.39 is 0 Å². The summed E-state index contributed by atoms with van der Waals surface area (Å²) in [5.41, 5.74) is 12.4. The predicted octanol–water partition coefficient (Wildman–Crippen LogP) is 10.3. The van der Waals surface area contributed by atoms with Crippen molar-refractivity contribution in [1.29, 1.82) is 0 Å². The van der Waals surface area contributed by atoms with Crippen molar-refractivity contribution in [3.05, 3.63) is 154 Å². The van der Waals surface area contributed by atoms with E-state index in [9.17, 15) is 0 Å². The summed E-state index contributed by atoms with van der Waals surface area (Å²) in [5.74, 6) is 0.156. The van der Waals surface area contributed by atoms with E-state index in [-0.39, 0.29) is 22.2 Å². The lowest BCUT2D eigenvalue weighted by Crippen LogP contribution is -2.37. The summed E-state index contributed by atoms with van der Waals surface area (Å²) in [6.07, 6.45) is 7.93. The lowest BCUT2D eigenvalue weighted by molar-refractivity contribution is 0.522. The third-order valence-electron chi connectivity index (χ3n) is 8.92. The Labute approximate surface area is 235 Å². The molecule has 0 fully saturated rings. The van der Waals surface area contributed by atoms with Crippen molar-refractivity contribution in [2.24, 2.45) is 0 Å². The Morgan fingerprint density at radius 2 is 1.00 bits per heavy atom. The van der Waals surface area contributed by atoms with Crippen molar-refractivity contribution in [2.45, 2.75) is 70.1 Å². The molecule has 4 aromatic carbocycles. The highest BCUT2D eigenvalue weighted by Crippen LogP contribution is 2.60. The second kappa shape index (κ2) is 9.23. The van der Waals surface area contributed by atoms with Crippen LogP contribution in [0.3, 0.4) is 0 Å². The van der Waals surface area contributed by atoms with Crippen LogP contribution in [-0.4, -0.2) is 0 Å². The third kappa shape index (κ3) is 4.13. The van der Waals surface area contributed by atoms with Crippen LogP contribution in [0.15, 0.2) is 121 Å². The van der Waals surface area contributed by atoms with Gasteiger partial charge in [0.2, 0.25) is 0 Å². The number of rotatable bonds is 4. The Morgan fingerprint density at radius 1 is 0.538 bits per heavy atom. The van der Waals surface area contributed by atoms with Gasteiger partial charge in [0.05, 0.1) is 5.41 Å². The Balaban J connectivity index is 1.76. The first-order valence-electron chi connectivity index (χ1n) is 14.4. The molecule has 2 aliphatic carbocycles. The van der Waals surface area contributed by atoms with Crippen molar-refractivity contribution < 1.29 is 0 Å². The fraction of sp³-hybridized carbons (Fsp3) is 0.282. The van der Waals surface area contributed by atoms with E-state index in [4.69, 9.17) is 0 Å². The van der Waals surface area contributed by atoms with Gasteiger partial charge < -0.3 is 0 Å². The smallest absolute Gasteiger partial charge is 0.0526 e.